The third-order valence-electron chi connectivity index (χ3n) is 7.33. The van der Waals surface area contributed by atoms with Crippen LogP contribution in [0.15, 0.2) is 78.9 Å². The molecule has 1 aliphatic heterocycles. The van der Waals surface area contributed by atoms with Crippen molar-refractivity contribution in [2.45, 2.75) is 57.7 Å². The molecule has 0 radical (unpaired) electrons. The van der Waals surface area contributed by atoms with Gasteiger partial charge in [-0.2, -0.15) is 0 Å². The summed E-state index contributed by atoms with van der Waals surface area (Å²) in [7, 11) is 1.72. The molecule has 1 heterocycles. The van der Waals surface area contributed by atoms with Crippen LogP contribution in [-0.2, 0) is 9.53 Å². The van der Waals surface area contributed by atoms with Crippen LogP contribution in [0, 0.1) is 0 Å². The van der Waals surface area contributed by atoms with Crippen LogP contribution in [0.25, 0.3) is 0 Å². The number of hydrogen-bond donors (Lipinski definition) is 2. The third-order valence-corrected chi connectivity index (χ3v) is 7.33. The number of para-hydroxylation sites is 2. The Labute approximate surface area is 249 Å². The van der Waals surface area contributed by atoms with E-state index in [0.29, 0.717) is 42.6 Å². The minimum atomic E-state index is -0.570. The van der Waals surface area contributed by atoms with Crippen molar-refractivity contribution in [3.05, 3.63) is 90.0 Å². The molecule has 2 N–H and O–H groups in total. The number of nitrogens with one attached hydrogen (secondary N) is 1. The fraction of sp³-hybridized carbons (Fsp3) is 0.412. The zero-order valence-corrected chi connectivity index (χ0v) is 25.1. The van der Waals surface area contributed by atoms with E-state index in [1.807, 2.05) is 87.5 Å². The first-order valence-electron chi connectivity index (χ1n) is 14.6. The molecule has 0 saturated carbocycles. The summed E-state index contributed by atoms with van der Waals surface area (Å²) >= 11 is 0. The standard InChI is InChI=1S/C34H43N3O5/c1-34(2,3)42-33(40)36(4)20-19-30(26-11-6-5-7-12-26)41-31-16-9-8-15-29(31)35-32(39)24-37-21-17-25(18-22-37)27-13-10-14-28(38)23-27/h5-16,23,25,30,38H,17-22,24H2,1-4H3,(H,35,39). The summed E-state index contributed by atoms with van der Waals surface area (Å²) in [5, 5.41) is 12.9. The first-order valence-corrected chi connectivity index (χ1v) is 14.6. The van der Waals surface area contributed by atoms with Crippen LogP contribution in [0.3, 0.4) is 0 Å². The van der Waals surface area contributed by atoms with Crippen molar-refractivity contribution in [1.82, 2.24) is 9.80 Å². The highest BCUT2D eigenvalue weighted by Crippen LogP contribution is 2.32. The minimum Gasteiger partial charge on any atom is -0.508 e. The second-order valence-corrected chi connectivity index (χ2v) is 11.9. The molecular weight excluding hydrogens is 530 g/mol. The van der Waals surface area contributed by atoms with Gasteiger partial charge in [0.15, 0.2) is 0 Å². The molecule has 3 aromatic rings. The number of hydrogen-bond acceptors (Lipinski definition) is 6. The van der Waals surface area contributed by atoms with Crippen molar-refractivity contribution < 1.29 is 24.2 Å². The average molecular weight is 574 g/mol. The summed E-state index contributed by atoms with van der Waals surface area (Å²) in [5.74, 6) is 1.15. The minimum absolute atomic E-state index is 0.0947. The third kappa shape index (κ3) is 9.24. The van der Waals surface area contributed by atoms with Crippen molar-refractivity contribution in [3.63, 3.8) is 0 Å². The number of carbonyl (C=O) groups excluding carboxylic acids is 2. The molecule has 8 heteroatoms. The van der Waals surface area contributed by atoms with Gasteiger partial charge in [-0.25, -0.2) is 4.79 Å². The number of rotatable bonds is 10. The molecule has 0 spiro atoms. The van der Waals surface area contributed by atoms with Crippen molar-refractivity contribution >= 4 is 17.7 Å². The highest BCUT2D eigenvalue weighted by Gasteiger charge is 2.24. The Morgan fingerprint density at radius 2 is 1.69 bits per heavy atom. The predicted molar refractivity (Wildman–Crippen MR) is 165 cm³/mol. The van der Waals surface area contributed by atoms with Crippen LogP contribution >= 0.6 is 0 Å². The Bertz CT molecular complexity index is 1320. The van der Waals surface area contributed by atoms with E-state index in [9.17, 15) is 14.7 Å². The van der Waals surface area contributed by atoms with E-state index in [1.165, 1.54) is 0 Å². The number of nitrogens with zero attached hydrogens (tertiary/aromatic N) is 2. The average Bonchev–Trinajstić information content (AvgIpc) is 2.96. The largest absolute Gasteiger partial charge is 0.508 e. The lowest BCUT2D eigenvalue weighted by atomic mass is 9.89. The monoisotopic (exact) mass is 573 g/mol. The van der Waals surface area contributed by atoms with Crippen LogP contribution < -0.4 is 10.1 Å². The molecule has 1 aliphatic rings. The van der Waals surface area contributed by atoms with Gasteiger partial charge in [-0.15, -0.1) is 0 Å². The molecule has 42 heavy (non-hydrogen) atoms. The van der Waals surface area contributed by atoms with Crippen LogP contribution in [0.1, 0.15) is 63.2 Å². The fourth-order valence-corrected chi connectivity index (χ4v) is 5.13. The molecule has 8 nitrogen and oxygen atoms in total. The molecule has 0 bridgehead atoms. The number of carbonyl (C=O) groups is 2. The van der Waals surface area contributed by atoms with Crippen LogP contribution in [0.5, 0.6) is 11.5 Å². The first kappa shape index (κ1) is 30.9. The van der Waals surface area contributed by atoms with E-state index in [4.69, 9.17) is 9.47 Å². The number of phenols is 1. The van der Waals surface area contributed by atoms with Gasteiger partial charge in [-0.3, -0.25) is 9.69 Å². The highest BCUT2D eigenvalue weighted by atomic mass is 16.6. The zero-order chi connectivity index (χ0) is 30.1. The SMILES string of the molecule is CN(CCC(Oc1ccccc1NC(=O)CN1CCC(c2cccc(O)c2)CC1)c1ccccc1)C(=O)OC(C)(C)C. The number of amides is 2. The number of ether oxygens (including phenoxy) is 2. The Kier molecular flexibility index (Phi) is 10.5. The number of likely N-dealkylation sites (tertiary alicyclic amines) is 1. The number of phenolic OH excluding ortho intramolecular Hbond substituents is 1. The molecule has 0 aliphatic carbocycles. The van der Waals surface area contributed by atoms with Gasteiger partial charge in [-0.1, -0.05) is 54.6 Å². The molecule has 1 atom stereocenters. The second-order valence-electron chi connectivity index (χ2n) is 11.9. The van der Waals surface area contributed by atoms with E-state index in [-0.39, 0.29) is 18.1 Å². The number of anilines is 1. The fourth-order valence-electron chi connectivity index (χ4n) is 5.13. The molecule has 3 aromatic carbocycles. The number of piperidine rings is 1. The maximum atomic E-state index is 13.1. The van der Waals surface area contributed by atoms with Gasteiger partial charge in [0.05, 0.1) is 12.2 Å². The lowest BCUT2D eigenvalue weighted by molar-refractivity contribution is -0.117. The van der Waals surface area contributed by atoms with Crippen molar-refractivity contribution in [1.29, 1.82) is 0 Å². The second kappa shape index (κ2) is 14.2. The summed E-state index contributed by atoms with van der Waals surface area (Å²) in [6.07, 6.45) is 1.69. The summed E-state index contributed by atoms with van der Waals surface area (Å²) in [6.45, 7) is 7.89. The number of aromatic hydroxyl groups is 1. The molecule has 1 saturated heterocycles. The van der Waals surface area contributed by atoms with E-state index in [0.717, 1.165) is 37.1 Å². The number of benzene rings is 3. The molecule has 4 rings (SSSR count). The van der Waals surface area contributed by atoms with E-state index < -0.39 is 5.60 Å². The van der Waals surface area contributed by atoms with Gasteiger partial charge in [0.2, 0.25) is 5.91 Å². The lowest BCUT2D eigenvalue weighted by Gasteiger charge is -2.31. The van der Waals surface area contributed by atoms with E-state index in [2.05, 4.69) is 16.3 Å². The van der Waals surface area contributed by atoms with Crippen LogP contribution in [-0.4, -0.2) is 65.7 Å². The molecule has 224 valence electrons. The predicted octanol–water partition coefficient (Wildman–Crippen LogP) is 6.59. The Balaban J connectivity index is 1.36. The first-order chi connectivity index (χ1) is 20.1. The summed E-state index contributed by atoms with van der Waals surface area (Å²) in [5.41, 5.74) is 2.17. The molecule has 2 amide bonds. The van der Waals surface area contributed by atoms with Crippen LogP contribution in [0.4, 0.5) is 10.5 Å². The van der Waals surface area contributed by atoms with Gasteiger partial charge in [0.1, 0.15) is 23.2 Å². The Morgan fingerprint density at radius 1 is 1.00 bits per heavy atom. The smallest absolute Gasteiger partial charge is 0.410 e. The van der Waals surface area contributed by atoms with Crippen molar-refractivity contribution in [2.75, 3.05) is 38.5 Å². The molecule has 1 unspecified atom stereocenters. The van der Waals surface area contributed by atoms with Crippen LogP contribution in [0.2, 0.25) is 0 Å². The normalized spacial score (nSPS) is 15.0. The molecule has 0 aromatic heterocycles. The molecule has 1 fully saturated rings. The quantitative estimate of drug-likeness (QED) is 0.284. The van der Waals surface area contributed by atoms with Gasteiger partial charge in [0, 0.05) is 20.0 Å². The van der Waals surface area contributed by atoms with Gasteiger partial charge >= 0.3 is 6.09 Å². The van der Waals surface area contributed by atoms with Crippen molar-refractivity contribution in [3.8, 4) is 11.5 Å². The van der Waals surface area contributed by atoms with Gasteiger partial charge in [0.25, 0.3) is 0 Å². The summed E-state index contributed by atoms with van der Waals surface area (Å²) < 4.78 is 12.0. The van der Waals surface area contributed by atoms with Gasteiger partial charge in [-0.05, 0) is 88.0 Å². The van der Waals surface area contributed by atoms with Gasteiger partial charge < -0.3 is 24.8 Å². The maximum Gasteiger partial charge on any atom is 0.410 e. The maximum absolute atomic E-state index is 13.1. The highest BCUT2D eigenvalue weighted by molar-refractivity contribution is 5.93. The van der Waals surface area contributed by atoms with E-state index in [1.54, 1.807) is 18.0 Å². The Hall–Kier alpha value is -4.04. The summed E-state index contributed by atoms with van der Waals surface area (Å²) in [4.78, 5) is 29.3. The van der Waals surface area contributed by atoms with E-state index >= 15 is 0 Å². The Morgan fingerprint density at radius 3 is 2.38 bits per heavy atom. The van der Waals surface area contributed by atoms with Crippen molar-refractivity contribution in [2.24, 2.45) is 0 Å². The zero-order valence-electron chi connectivity index (χ0n) is 25.1. The molecular formula is C34H43N3O5. The lowest BCUT2D eigenvalue weighted by Crippen LogP contribution is -2.38. The topological polar surface area (TPSA) is 91.3 Å². The summed E-state index contributed by atoms with van der Waals surface area (Å²) in [6, 6.07) is 24.8.